The van der Waals surface area contributed by atoms with E-state index in [2.05, 4.69) is 27.0 Å². The second-order valence-corrected chi connectivity index (χ2v) is 10.5. The molecular formula is C31H27F4N5O3. The van der Waals surface area contributed by atoms with Crippen molar-refractivity contribution in [2.24, 2.45) is 0 Å². The summed E-state index contributed by atoms with van der Waals surface area (Å²) in [6, 6.07) is 14.2. The van der Waals surface area contributed by atoms with E-state index in [1.54, 1.807) is 12.1 Å². The van der Waals surface area contributed by atoms with Crippen LogP contribution in [0.1, 0.15) is 52.0 Å². The number of nitriles is 1. The number of carbonyl (C=O) groups is 2. The van der Waals surface area contributed by atoms with Crippen LogP contribution in [0, 0.1) is 24.1 Å². The number of pyridine rings is 1. The average molecular weight is 594 g/mol. The highest BCUT2D eigenvalue weighted by atomic mass is 19.4. The fraction of sp³-hybridized carbons (Fsp3) is 0.290. The van der Waals surface area contributed by atoms with Crippen LogP contribution >= 0.6 is 0 Å². The Morgan fingerprint density at radius 1 is 1.05 bits per heavy atom. The van der Waals surface area contributed by atoms with Crippen LogP contribution in [0.3, 0.4) is 0 Å². The Morgan fingerprint density at radius 3 is 2.35 bits per heavy atom. The summed E-state index contributed by atoms with van der Waals surface area (Å²) in [5, 5.41) is 17.3. The van der Waals surface area contributed by atoms with Gasteiger partial charge in [0.1, 0.15) is 29.5 Å². The number of nitrogens with zero attached hydrogens (tertiary/aromatic N) is 2. The number of carbonyl (C=O) groups excluding carboxylic acids is 2. The first-order chi connectivity index (χ1) is 20.4. The zero-order chi connectivity index (χ0) is 30.9. The van der Waals surface area contributed by atoms with Crippen LogP contribution in [0.5, 0.6) is 0 Å². The molecule has 0 spiro atoms. The van der Waals surface area contributed by atoms with Crippen LogP contribution < -0.4 is 16.0 Å². The van der Waals surface area contributed by atoms with E-state index in [4.69, 9.17) is 4.42 Å². The van der Waals surface area contributed by atoms with Crippen molar-refractivity contribution < 1.29 is 31.6 Å². The number of fused-ring (bicyclic) bond motifs is 1. The number of aryl methyl sites for hydroxylation is 1. The quantitative estimate of drug-likeness (QED) is 0.210. The standard InChI is InChI=1S/C31H27F4N5O3/c1-17-5-7-18(8-6-17)25-24(28(42)37-2)22-14-20(26(39-29(22)43-25)38-16-31(33,34)35)19-9-10-23(32)21(13-19)27(41)40-30(15-36)11-3-4-12-30/h5-10,13-14H,3-4,11-12,16H2,1-2H3,(H,37,42)(H,38,39)(H,40,41). The summed E-state index contributed by atoms with van der Waals surface area (Å²) < 4.78 is 60.6. The van der Waals surface area contributed by atoms with Crippen molar-refractivity contribution in [1.82, 2.24) is 15.6 Å². The molecule has 5 rings (SSSR count). The number of nitrogens with one attached hydrogen (secondary N) is 3. The van der Waals surface area contributed by atoms with Crippen LogP contribution in [0.25, 0.3) is 33.6 Å². The lowest BCUT2D eigenvalue weighted by molar-refractivity contribution is -0.115. The lowest BCUT2D eigenvalue weighted by Crippen LogP contribution is -2.45. The summed E-state index contributed by atoms with van der Waals surface area (Å²) in [5.41, 5.74) is 0.241. The molecule has 0 saturated heterocycles. The van der Waals surface area contributed by atoms with Crippen LogP contribution in [-0.4, -0.2) is 42.1 Å². The number of hydrogen-bond acceptors (Lipinski definition) is 6. The molecule has 1 aliphatic rings. The van der Waals surface area contributed by atoms with Crippen LogP contribution in [0.15, 0.2) is 52.9 Å². The molecule has 2 aromatic carbocycles. The van der Waals surface area contributed by atoms with Crippen molar-refractivity contribution in [2.75, 3.05) is 18.9 Å². The van der Waals surface area contributed by atoms with Gasteiger partial charge in [-0.15, -0.1) is 0 Å². The molecule has 222 valence electrons. The Balaban J connectivity index is 1.67. The highest BCUT2D eigenvalue weighted by molar-refractivity contribution is 6.11. The van der Waals surface area contributed by atoms with Gasteiger partial charge in [-0.2, -0.15) is 23.4 Å². The van der Waals surface area contributed by atoms with Gasteiger partial charge in [-0.1, -0.05) is 35.9 Å². The Hall–Kier alpha value is -4.92. The Morgan fingerprint density at radius 2 is 1.72 bits per heavy atom. The van der Waals surface area contributed by atoms with Gasteiger partial charge in [0.2, 0.25) is 5.71 Å². The average Bonchev–Trinajstić information content (AvgIpc) is 3.60. The molecule has 0 atom stereocenters. The summed E-state index contributed by atoms with van der Waals surface area (Å²) in [5.74, 6) is -2.30. The number of anilines is 1. The molecule has 2 aromatic heterocycles. The minimum Gasteiger partial charge on any atom is -0.437 e. The number of halogens is 4. The number of furan rings is 1. The van der Waals surface area contributed by atoms with E-state index in [1.165, 1.54) is 25.2 Å². The largest absolute Gasteiger partial charge is 0.437 e. The van der Waals surface area contributed by atoms with Gasteiger partial charge in [0, 0.05) is 18.2 Å². The molecule has 0 aliphatic heterocycles. The van der Waals surface area contributed by atoms with Gasteiger partial charge < -0.3 is 20.4 Å². The number of alkyl halides is 3. The molecule has 0 radical (unpaired) electrons. The van der Waals surface area contributed by atoms with Crippen molar-refractivity contribution in [3.8, 4) is 28.5 Å². The first-order valence-electron chi connectivity index (χ1n) is 13.5. The third kappa shape index (κ3) is 6.02. The fourth-order valence-electron chi connectivity index (χ4n) is 5.22. The summed E-state index contributed by atoms with van der Waals surface area (Å²) in [4.78, 5) is 30.5. The molecular weight excluding hydrogens is 566 g/mol. The first kappa shape index (κ1) is 29.6. The first-order valence-corrected chi connectivity index (χ1v) is 13.5. The van der Waals surface area contributed by atoms with Gasteiger partial charge in [0.05, 0.1) is 22.6 Å². The van der Waals surface area contributed by atoms with E-state index in [1.807, 2.05) is 19.1 Å². The van der Waals surface area contributed by atoms with Gasteiger partial charge in [0.15, 0.2) is 0 Å². The number of amides is 2. The van der Waals surface area contributed by atoms with E-state index >= 15 is 0 Å². The Bertz CT molecular complexity index is 1750. The molecule has 0 unspecified atom stereocenters. The van der Waals surface area contributed by atoms with Gasteiger partial charge in [-0.05, 0) is 56.4 Å². The van der Waals surface area contributed by atoms with Crippen LogP contribution in [-0.2, 0) is 0 Å². The van der Waals surface area contributed by atoms with Crippen molar-refractivity contribution in [3.63, 3.8) is 0 Å². The Kier molecular flexibility index (Phi) is 7.84. The molecule has 12 heteroatoms. The maximum atomic E-state index is 14.9. The van der Waals surface area contributed by atoms with E-state index in [-0.39, 0.29) is 44.9 Å². The van der Waals surface area contributed by atoms with E-state index in [0.29, 0.717) is 18.4 Å². The second kappa shape index (κ2) is 11.4. The van der Waals surface area contributed by atoms with Crippen molar-refractivity contribution >= 4 is 28.7 Å². The molecule has 43 heavy (non-hydrogen) atoms. The molecule has 1 aliphatic carbocycles. The summed E-state index contributed by atoms with van der Waals surface area (Å²) in [6.45, 7) is 0.450. The minimum absolute atomic E-state index is 0.0723. The number of benzene rings is 2. The van der Waals surface area contributed by atoms with Crippen molar-refractivity contribution in [2.45, 2.75) is 44.3 Å². The van der Waals surface area contributed by atoms with E-state index in [0.717, 1.165) is 24.5 Å². The molecule has 0 bridgehead atoms. The maximum Gasteiger partial charge on any atom is 0.405 e. The van der Waals surface area contributed by atoms with Gasteiger partial charge in [0.25, 0.3) is 11.8 Å². The number of aromatic nitrogens is 1. The van der Waals surface area contributed by atoms with Crippen molar-refractivity contribution in [3.05, 3.63) is 71.0 Å². The molecule has 2 heterocycles. The van der Waals surface area contributed by atoms with Crippen molar-refractivity contribution in [1.29, 1.82) is 5.26 Å². The van der Waals surface area contributed by atoms with E-state index < -0.39 is 35.9 Å². The minimum atomic E-state index is -4.60. The van der Waals surface area contributed by atoms with E-state index in [9.17, 15) is 32.4 Å². The molecule has 8 nitrogen and oxygen atoms in total. The maximum absolute atomic E-state index is 14.9. The third-order valence-corrected chi connectivity index (χ3v) is 7.45. The topological polar surface area (TPSA) is 120 Å². The zero-order valence-electron chi connectivity index (χ0n) is 23.3. The summed E-state index contributed by atoms with van der Waals surface area (Å²) in [7, 11) is 1.43. The molecule has 1 fully saturated rings. The molecule has 2 amide bonds. The highest BCUT2D eigenvalue weighted by Crippen LogP contribution is 2.39. The lowest BCUT2D eigenvalue weighted by Gasteiger charge is -2.22. The SMILES string of the molecule is CNC(=O)c1c(-c2ccc(C)cc2)oc2nc(NCC(F)(F)F)c(-c3ccc(F)c(C(=O)NC4(C#N)CCCC4)c3)cc12. The predicted octanol–water partition coefficient (Wildman–Crippen LogP) is 6.51. The normalized spacial score (nSPS) is 14.3. The fourth-order valence-corrected chi connectivity index (χ4v) is 5.22. The summed E-state index contributed by atoms with van der Waals surface area (Å²) >= 11 is 0. The smallest absolute Gasteiger partial charge is 0.405 e. The van der Waals surface area contributed by atoms with Crippen LogP contribution in [0.4, 0.5) is 23.4 Å². The predicted molar refractivity (Wildman–Crippen MR) is 152 cm³/mol. The summed E-state index contributed by atoms with van der Waals surface area (Å²) in [6.07, 6.45) is -2.28. The molecule has 1 saturated carbocycles. The van der Waals surface area contributed by atoms with Crippen LogP contribution in [0.2, 0.25) is 0 Å². The lowest BCUT2D eigenvalue weighted by atomic mass is 9.97. The number of rotatable bonds is 7. The monoisotopic (exact) mass is 593 g/mol. The Labute approximate surface area is 244 Å². The zero-order valence-corrected chi connectivity index (χ0v) is 23.3. The molecule has 4 aromatic rings. The van der Waals surface area contributed by atoms with Gasteiger partial charge in [-0.25, -0.2) is 4.39 Å². The second-order valence-electron chi connectivity index (χ2n) is 10.5. The third-order valence-electron chi connectivity index (χ3n) is 7.45. The van der Waals surface area contributed by atoms with Gasteiger partial charge >= 0.3 is 6.18 Å². The molecule has 3 N–H and O–H groups in total. The highest BCUT2D eigenvalue weighted by Gasteiger charge is 2.36. The van der Waals surface area contributed by atoms with Gasteiger partial charge in [-0.3, -0.25) is 9.59 Å². The number of hydrogen-bond donors (Lipinski definition) is 3.